The molecule has 0 aliphatic carbocycles. The molecule has 142 valence electrons. The van der Waals surface area contributed by atoms with E-state index in [0.717, 1.165) is 38.5 Å². The van der Waals surface area contributed by atoms with Crippen molar-refractivity contribution in [2.45, 2.75) is 39.0 Å². The van der Waals surface area contributed by atoms with Crippen LogP contribution in [0.1, 0.15) is 50.3 Å². The first-order valence-corrected chi connectivity index (χ1v) is 9.57. The van der Waals surface area contributed by atoms with Crippen molar-refractivity contribution in [3.8, 4) is 5.75 Å². The maximum atomic E-state index is 11.1. The van der Waals surface area contributed by atoms with Crippen molar-refractivity contribution >= 4 is 27.6 Å². The Morgan fingerprint density at radius 3 is 2.46 bits per heavy atom. The maximum absolute atomic E-state index is 11.1. The normalized spacial score (nSPS) is 12.2. The summed E-state index contributed by atoms with van der Waals surface area (Å²) in [4.78, 5) is 9.14. The molecule has 0 aliphatic heterocycles. The Kier molecular flexibility index (Phi) is 4.22. The smallest absolute Gasteiger partial charge is 0.124 e. The highest BCUT2D eigenvalue weighted by Crippen LogP contribution is 2.45. The van der Waals surface area contributed by atoms with Crippen LogP contribution in [0, 0.1) is 0 Å². The van der Waals surface area contributed by atoms with E-state index in [2.05, 4.69) is 43.7 Å². The number of anilines is 1. The van der Waals surface area contributed by atoms with Gasteiger partial charge < -0.3 is 10.8 Å². The number of phenols is 1. The summed E-state index contributed by atoms with van der Waals surface area (Å²) >= 11 is 0. The van der Waals surface area contributed by atoms with Gasteiger partial charge in [-0.2, -0.15) is 0 Å². The summed E-state index contributed by atoms with van der Waals surface area (Å²) in [5, 5.41) is 13.2. The minimum Gasteiger partial charge on any atom is -0.508 e. The van der Waals surface area contributed by atoms with E-state index in [1.807, 2.05) is 42.5 Å². The quantitative estimate of drug-likeness (QED) is 0.497. The molecule has 2 aromatic heterocycles. The van der Waals surface area contributed by atoms with Gasteiger partial charge in [0.2, 0.25) is 0 Å². The number of rotatable bonds is 3. The molecular formula is C24H25N3O. The third-order valence-corrected chi connectivity index (χ3v) is 5.56. The molecule has 0 aliphatic rings. The molecule has 28 heavy (non-hydrogen) atoms. The number of nitrogen functional groups attached to an aromatic ring is 1. The lowest BCUT2D eigenvalue weighted by Crippen LogP contribution is -2.21. The van der Waals surface area contributed by atoms with Crippen LogP contribution < -0.4 is 5.73 Å². The fourth-order valence-electron chi connectivity index (χ4n) is 4.20. The average Bonchev–Trinajstić information content (AvgIpc) is 2.66. The zero-order chi connectivity index (χ0) is 20.1. The third kappa shape index (κ3) is 2.76. The van der Waals surface area contributed by atoms with Gasteiger partial charge in [0.25, 0.3) is 0 Å². The Morgan fingerprint density at radius 1 is 1.00 bits per heavy atom. The molecule has 0 spiro atoms. The average molecular weight is 371 g/mol. The van der Waals surface area contributed by atoms with Crippen LogP contribution >= 0.6 is 0 Å². The summed E-state index contributed by atoms with van der Waals surface area (Å²) in [5.74, 6) is 1.02. The van der Waals surface area contributed by atoms with Gasteiger partial charge in [0.15, 0.2) is 0 Å². The molecule has 0 saturated carbocycles. The molecule has 4 rings (SSSR count). The first kappa shape index (κ1) is 18.2. The lowest BCUT2D eigenvalue weighted by Gasteiger charge is -2.30. The summed E-state index contributed by atoms with van der Waals surface area (Å²) < 4.78 is 0. The number of nitrogens with two attached hydrogens (primary N) is 1. The number of phenolic OH excluding ortho intramolecular Hbond substituents is 1. The van der Waals surface area contributed by atoms with E-state index in [-0.39, 0.29) is 11.7 Å². The van der Waals surface area contributed by atoms with Gasteiger partial charge in [-0.3, -0.25) is 4.98 Å². The second-order valence-corrected chi connectivity index (χ2v) is 8.15. The van der Waals surface area contributed by atoms with E-state index in [9.17, 15) is 5.11 Å². The second kappa shape index (κ2) is 6.48. The number of hydrogen-bond acceptors (Lipinski definition) is 4. The lowest BCUT2D eigenvalue weighted by molar-refractivity contribution is 0.454. The van der Waals surface area contributed by atoms with Gasteiger partial charge in [-0.1, -0.05) is 52.0 Å². The van der Waals surface area contributed by atoms with Crippen LogP contribution in [-0.2, 0) is 5.41 Å². The van der Waals surface area contributed by atoms with Crippen LogP contribution in [0.2, 0.25) is 0 Å². The number of pyridine rings is 2. The molecule has 3 N–H and O–H groups in total. The number of fused-ring (bicyclic) bond motifs is 2. The molecule has 0 unspecified atom stereocenters. The van der Waals surface area contributed by atoms with Gasteiger partial charge in [-0.25, -0.2) is 4.98 Å². The van der Waals surface area contributed by atoms with Gasteiger partial charge >= 0.3 is 0 Å². The largest absolute Gasteiger partial charge is 0.508 e. The zero-order valence-corrected chi connectivity index (χ0v) is 16.7. The lowest BCUT2D eigenvalue weighted by atomic mass is 9.74. The maximum Gasteiger partial charge on any atom is 0.124 e. The van der Waals surface area contributed by atoms with Gasteiger partial charge in [0.05, 0.1) is 11.0 Å². The molecule has 2 aromatic carbocycles. The highest BCUT2D eigenvalue weighted by atomic mass is 16.3. The molecule has 0 saturated heterocycles. The number of nitrogens with zero attached hydrogens (tertiary/aromatic N) is 2. The monoisotopic (exact) mass is 371 g/mol. The van der Waals surface area contributed by atoms with Gasteiger partial charge in [0, 0.05) is 27.9 Å². The molecule has 2 heterocycles. The Labute approximate surface area is 165 Å². The van der Waals surface area contributed by atoms with E-state index in [1.165, 1.54) is 0 Å². The molecule has 4 heteroatoms. The van der Waals surface area contributed by atoms with Crippen molar-refractivity contribution in [1.82, 2.24) is 9.97 Å². The fraction of sp³-hybridized carbons (Fsp3) is 0.250. The Hall–Kier alpha value is -3.14. The van der Waals surface area contributed by atoms with Crippen LogP contribution in [0.5, 0.6) is 5.75 Å². The molecule has 0 fully saturated rings. The van der Waals surface area contributed by atoms with E-state index in [4.69, 9.17) is 5.73 Å². The van der Waals surface area contributed by atoms with Crippen LogP contribution in [0.3, 0.4) is 0 Å². The van der Waals surface area contributed by atoms with Gasteiger partial charge in [-0.05, 0) is 41.3 Å². The summed E-state index contributed by atoms with van der Waals surface area (Å²) in [5.41, 5.74) is 10.2. The predicted octanol–water partition coefficient (Wildman–Crippen LogP) is 5.52. The summed E-state index contributed by atoms with van der Waals surface area (Å²) in [6, 6.07) is 15.8. The first-order chi connectivity index (χ1) is 13.3. The summed E-state index contributed by atoms with van der Waals surface area (Å²) in [6.07, 6.45) is 1.78. The van der Waals surface area contributed by atoms with Gasteiger partial charge in [-0.15, -0.1) is 0 Å². The number of benzene rings is 2. The highest BCUT2D eigenvalue weighted by molar-refractivity contribution is 5.91. The molecule has 0 radical (unpaired) electrons. The van der Waals surface area contributed by atoms with Crippen LogP contribution in [-0.4, -0.2) is 15.1 Å². The summed E-state index contributed by atoms with van der Waals surface area (Å²) in [6.45, 7) is 8.46. The second-order valence-electron chi connectivity index (χ2n) is 8.15. The minimum absolute atomic E-state index is 0.263. The van der Waals surface area contributed by atoms with Crippen molar-refractivity contribution in [2.75, 3.05) is 5.73 Å². The number of aromatic nitrogens is 2. The predicted molar refractivity (Wildman–Crippen MR) is 116 cm³/mol. The number of hydrogen-bond donors (Lipinski definition) is 2. The molecule has 4 nitrogen and oxygen atoms in total. The number of aromatic hydroxyl groups is 1. The van der Waals surface area contributed by atoms with Crippen LogP contribution in [0.15, 0.2) is 54.7 Å². The number of para-hydroxylation sites is 1. The van der Waals surface area contributed by atoms with Crippen molar-refractivity contribution in [3.05, 3.63) is 71.4 Å². The molecule has 0 amide bonds. The minimum atomic E-state index is -0.525. The topological polar surface area (TPSA) is 72.0 Å². The zero-order valence-electron chi connectivity index (χ0n) is 16.7. The SMILES string of the molecule is CC(C)c1cc(O)c(C(C)(C)c2cc(N)nc3ccccc23)c2ncccc12. The Balaban J connectivity index is 2.09. The van der Waals surface area contributed by atoms with Gasteiger partial charge in [0.1, 0.15) is 11.6 Å². The van der Waals surface area contributed by atoms with E-state index < -0.39 is 5.41 Å². The van der Waals surface area contributed by atoms with Crippen molar-refractivity contribution < 1.29 is 5.11 Å². The van der Waals surface area contributed by atoms with E-state index >= 15 is 0 Å². The van der Waals surface area contributed by atoms with E-state index in [0.29, 0.717) is 5.82 Å². The van der Waals surface area contributed by atoms with E-state index in [1.54, 1.807) is 6.20 Å². The van der Waals surface area contributed by atoms with Crippen LogP contribution in [0.4, 0.5) is 5.82 Å². The van der Waals surface area contributed by atoms with Crippen molar-refractivity contribution in [2.24, 2.45) is 0 Å². The third-order valence-electron chi connectivity index (χ3n) is 5.56. The molecule has 0 atom stereocenters. The molecular weight excluding hydrogens is 346 g/mol. The Morgan fingerprint density at radius 2 is 1.71 bits per heavy atom. The molecule has 0 bridgehead atoms. The van der Waals surface area contributed by atoms with Crippen molar-refractivity contribution in [3.63, 3.8) is 0 Å². The van der Waals surface area contributed by atoms with Crippen molar-refractivity contribution in [1.29, 1.82) is 0 Å². The highest BCUT2D eigenvalue weighted by Gasteiger charge is 2.32. The Bertz CT molecular complexity index is 1200. The summed E-state index contributed by atoms with van der Waals surface area (Å²) in [7, 11) is 0. The standard InChI is InChI=1S/C24H25N3O/c1-14(2)17-12-20(28)22(23-15(17)9-7-11-26-23)24(3,4)18-13-21(25)27-19-10-6-5-8-16(18)19/h5-14,28H,1-4H3,(H2,25,27). The van der Waals surface area contributed by atoms with Crippen LogP contribution in [0.25, 0.3) is 21.8 Å². The first-order valence-electron chi connectivity index (χ1n) is 9.57. The molecule has 4 aromatic rings. The fourth-order valence-corrected chi connectivity index (χ4v) is 4.20.